The van der Waals surface area contributed by atoms with E-state index >= 15 is 0 Å². The zero-order chi connectivity index (χ0) is 27.4. The predicted octanol–water partition coefficient (Wildman–Crippen LogP) is 6.54. The number of H-pyrrole nitrogens is 1. The Bertz CT molecular complexity index is 1660. The number of nitrogens with one attached hydrogen (secondary N) is 1. The number of para-hydroxylation sites is 1. The standard InChI is InChI=1S/C27H20F6N6/c28-26(29,30)17-14-19(18-6-1-4-16-5-2-8-34-22(16)18)23-21(15-17)36-25(37-23)39-12-10-38(11-13-39)24-20(27(31,32)33)7-3-9-35-24/h1-9,14-15H,10-13H2,(H,36,37). The summed E-state index contributed by atoms with van der Waals surface area (Å²) in [6.45, 7) is 1.05. The van der Waals surface area contributed by atoms with Crippen LogP contribution in [0.25, 0.3) is 33.1 Å². The molecule has 0 spiro atoms. The van der Waals surface area contributed by atoms with Gasteiger partial charge in [-0.15, -0.1) is 0 Å². The molecular formula is C27H20F6N6. The summed E-state index contributed by atoms with van der Waals surface area (Å²) < 4.78 is 82.0. The van der Waals surface area contributed by atoms with E-state index in [1.807, 2.05) is 17.0 Å². The lowest BCUT2D eigenvalue weighted by molar-refractivity contribution is -0.138. The van der Waals surface area contributed by atoms with Crippen LogP contribution in [0.5, 0.6) is 0 Å². The number of anilines is 2. The van der Waals surface area contributed by atoms with Crippen molar-refractivity contribution in [2.45, 2.75) is 12.4 Å². The van der Waals surface area contributed by atoms with E-state index in [1.165, 1.54) is 12.3 Å². The van der Waals surface area contributed by atoms with Crippen LogP contribution in [0.15, 0.2) is 67.0 Å². The van der Waals surface area contributed by atoms with Crippen LogP contribution in [0.4, 0.5) is 38.1 Å². The van der Waals surface area contributed by atoms with Crippen LogP contribution in [0, 0.1) is 0 Å². The molecule has 4 heterocycles. The van der Waals surface area contributed by atoms with Gasteiger partial charge in [0.2, 0.25) is 5.95 Å². The number of alkyl halides is 6. The molecule has 6 nitrogen and oxygen atoms in total. The number of aromatic amines is 1. The van der Waals surface area contributed by atoms with Crippen LogP contribution < -0.4 is 9.80 Å². The van der Waals surface area contributed by atoms with Crippen LogP contribution in [0.1, 0.15) is 11.1 Å². The molecule has 1 aliphatic rings. The molecule has 0 radical (unpaired) electrons. The quantitative estimate of drug-likeness (QED) is 0.263. The molecule has 2 aromatic carbocycles. The van der Waals surface area contributed by atoms with E-state index in [1.54, 1.807) is 29.3 Å². The van der Waals surface area contributed by atoms with E-state index in [0.29, 0.717) is 35.6 Å². The average Bonchev–Trinajstić information content (AvgIpc) is 3.36. The maximum absolute atomic E-state index is 13.9. The fourth-order valence-electron chi connectivity index (χ4n) is 4.95. The van der Waals surface area contributed by atoms with Crippen LogP contribution in [0.2, 0.25) is 0 Å². The second kappa shape index (κ2) is 9.14. The Morgan fingerprint density at radius 2 is 1.38 bits per heavy atom. The fourth-order valence-corrected chi connectivity index (χ4v) is 4.95. The Morgan fingerprint density at radius 3 is 2.13 bits per heavy atom. The van der Waals surface area contributed by atoms with Gasteiger partial charge in [-0.2, -0.15) is 26.3 Å². The number of pyridine rings is 2. The van der Waals surface area contributed by atoms with E-state index in [-0.39, 0.29) is 30.0 Å². The van der Waals surface area contributed by atoms with E-state index in [9.17, 15) is 26.3 Å². The number of aromatic nitrogens is 4. The van der Waals surface area contributed by atoms with E-state index in [2.05, 4.69) is 19.9 Å². The van der Waals surface area contributed by atoms with Crippen LogP contribution >= 0.6 is 0 Å². The molecule has 1 saturated heterocycles. The van der Waals surface area contributed by atoms with E-state index in [4.69, 9.17) is 0 Å². The first kappa shape index (κ1) is 25.0. The lowest BCUT2D eigenvalue weighted by Gasteiger charge is -2.36. The average molecular weight is 542 g/mol. The highest BCUT2D eigenvalue weighted by Gasteiger charge is 2.37. The van der Waals surface area contributed by atoms with Gasteiger partial charge in [-0.1, -0.05) is 24.3 Å². The number of nitrogens with zero attached hydrogens (tertiary/aromatic N) is 5. The molecule has 0 unspecified atom stereocenters. The summed E-state index contributed by atoms with van der Waals surface area (Å²) in [6, 6.07) is 13.2. The van der Waals surface area contributed by atoms with Crippen molar-refractivity contribution in [1.29, 1.82) is 0 Å². The molecule has 1 N–H and O–H groups in total. The van der Waals surface area contributed by atoms with Gasteiger partial charge < -0.3 is 14.8 Å². The number of hydrogen-bond donors (Lipinski definition) is 1. The third-order valence-corrected chi connectivity index (χ3v) is 6.80. The largest absolute Gasteiger partial charge is 0.419 e. The summed E-state index contributed by atoms with van der Waals surface area (Å²) in [5.74, 6) is 0.199. The summed E-state index contributed by atoms with van der Waals surface area (Å²) >= 11 is 0. The first-order valence-corrected chi connectivity index (χ1v) is 12.1. The third kappa shape index (κ3) is 4.59. The van der Waals surface area contributed by atoms with Crippen molar-refractivity contribution >= 4 is 33.7 Å². The summed E-state index contributed by atoms with van der Waals surface area (Å²) in [5.41, 5.74) is 0.269. The Kier molecular flexibility index (Phi) is 5.85. The number of rotatable bonds is 3. The molecule has 5 aromatic rings. The molecule has 0 aliphatic carbocycles. The highest BCUT2D eigenvalue weighted by Crippen LogP contribution is 2.40. The summed E-state index contributed by atoms with van der Waals surface area (Å²) in [6.07, 6.45) is -6.23. The molecule has 6 rings (SSSR count). The van der Waals surface area contributed by atoms with Gasteiger partial charge in [-0.05, 0) is 30.3 Å². The highest BCUT2D eigenvalue weighted by atomic mass is 19.4. The highest BCUT2D eigenvalue weighted by molar-refractivity contribution is 6.02. The maximum atomic E-state index is 13.9. The summed E-state index contributed by atoms with van der Waals surface area (Å²) in [4.78, 5) is 19.4. The van der Waals surface area contributed by atoms with Gasteiger partial charge in [0.15, 0.2) is 0 Å². The van der Waals surface area contributed by atoms with Crippen LogP contribution in [0.3, 0.4) is 0 Å². The molecule has 1 aliphatic heterocycles. The fraction of sp³-hybridized carbons (Fsp3) is 0.222. The monoisotopic (exact) mass is 542 g/mol. The van der Waals surface area contributed by atoms with Gasteiger partial charge in [0.1, 0.15) is 5.82 Å². The van der Waals surface area contributed by atoms with Gasteiger partial charge in [0, 0.05) is 55.1 Å². The van der Waals surface area contributed by atoms with Crippen molar-refractivity contribution in [1.82, 2.24) is 19.9 Å². The minimum atomic E-state index is -4.59. The van der Waals surface area contributed by atoms with Crippen molar-refractivity contribution in [3.8, 4) is 11.1 Å². The zero-order valence-corrected chi connectivity index (χ0v) is 20.2. The van der Waals surface area contributed by atoms with Crippen LogP contribution in [-0.2, 0) is 12.4 Å². The number of halogens is 6. The summed E-state index contributed by atoms with van der Waals surface area (Å²) in [7, 11) is 0. The zero-order valence-electron chi connectivity index (χ0n) is 20.2. The minimum Gasteiger partial charge on any atom is -0.353 e. The number of piperazine rings is 1. The van der Waals surface area contributed by atoms with E-state index < -0.39 is 23.5 Å². The molecular weight excluding hydrogens is 522 g/mol. The Hall–Kier alpha value is -4.35. The molecule has 0 saturated carbocycles. The number of benzene rings is 2. The topological polar surface area (TPSA) is 60.9 Å². The Labute approximate surface area is 217 Å². The summed E-state index contributed by atoms with van der Waals surface area (Å²) in [5, 5.41) is 0.778. The lowest BCUT2D eigenvalue weighted by atomic mass is 9.98. The molecule has 1 fully saturated rings. The second-order valence-corrected chi connectivity index (χ2v) is 9.21. The minimum absolute atomic E-state index is 0.144. The molecule has 0 bridgehead atoms. The van der Waals surface area contributed by atoms with Gasteiger partial charge in [-0.3, -0.25) is 4.98 Å². The molecule has 0 atom stereocenters. The molecule has 12 heteroatoms. The van der Waals surface area contributed by atoms with Crippen molar-refractivity contribution in [3.63, 3.8) is 0 Å². The SMILES string of the molecule is FC(F)(F)c1cc(-c2cccc3cccnc23)c2nc(N3CCN(c4ncccc4C(F)(F)F)CC3)[nH]c2c1. The van der Waals surface area contributed by atoms with Gasteiger partial charge in [-0.25, -0.2) is 9.97 Å². The Morgan fingerprint density at radius 1 is 0.692 bits per heavy atom. The Balaban J connectivity index is 1.37. The molecule has 39 heavy (non-hydrogen) atoms. The van der Waals surface area contributed by atoms with Gasteiger partial charge in [0.05, 0.1) is 27.7 Å². The normalized spacial score (nSPS) is 14.9. The first-order chi connectivity index (χ1) is 18.6. The van der Waals surface area contributed by atoms with Crippen LogP contribution in [-0.4, -0.2) is 46.1 Å². The molecule has 0 amide bonds. The maximum Gasteiger partial charge on any atom is 0.419 e. The lowest BCUT2D eigenvalue weighted by Crippen LogP contribution is -2.47. The van der Waals surface area contributed by atoms with Gasteiger partial charge in [0.25, 0.3) is 0 Å². The number of fused-ring (bicyclic) bond motifs is 2. The van der Waals surface area contributed by atoms with Crippen molar-refractivity contribution in [2.75, 3.05) is 36.0 Å². The van der Waals surface area contributed by atoms with Gasteiger partial charge >= 0.3 is 12.4 Å². The molecule has 3 aromatic heterocycles. The molecule has 200 valence electrons. The van der Waals surface area contributed by atoms with Crippen molar-refractivity contribution < 1.29 is 26.3 Å². The van der Waals surface area contributed by atoms with Crippen molar-refractivity contribution in [2.24, 2.45) is 0 Å². The second-order valence-electron chi connectivity index (χ2n) is 9.21. The first-order valence-electron chi connectivity index (χ1n) is 12.1. The number of hydrogen-bond acceptors (Lipinski definition) is 5. The third-order valence-electron chi connectivity index (χ3n) is 6.80. The number of imidazole rings is 1. The predicted molar refractivity (Wildman–Crippen MR) is 135 cm³/mol. The van der Waals surface area contributed by atoms with Crippen molar-refractivity contribution in [3.05, 3.63) is 78.1 Å². The van der Waals surface area contributed by atoms with E-state index in [0.717, 1.165) is 23.6 Å². The smallest absolute Gasteiger partial charge is 0.353 e.